The number of likely N-dealkylation sites (N-methyl/N-ethyl adjacent to an activating group) is 1. The zero-order valence-electron chi connectivity index (χ0n) is 13.6. The Morgan fingerprint density at radius 1 is 1.05 bits per heavy atom. The highest BCUT2D eigenvalue weighted by Gasteiger charge is 2.26. The standard InChI is InChI=1S/C16H33NO3/c1-4-7-8-9-11-15(18)14-17(5-2,6-3)13-10-12-16(19)20/h15,18H,4-14H2,1-3H3/p+1. The van der Waals surface area contributed by atoms with Gasteiger partial charge in [0.2, 0.25) is 0 Å². The number of nitrogens with zero attached hydrogens (tertiary/aromatic N) is 1. The van der Waals surface area contributed by atoms with E-state index in [0.29, 0.717) is 6.42 Å². The van der Waals surface area contributed by atoms with Gasteiger partial charge in [-0.3, -0.25) is 4.79 Å². The Bertz CT molecular complexity index is 252. The first kappa shape index (κ1) is 19.4. The maximum atomic E-state index is 10.6. The van der Waals surface area contributed by atoms with Gasteiger partial charge in [-0.1, -0.05) is 32.6 Å². The zero-order valence-corrected chi connectivity index (χ0v) is 13.6. The molecule has 0 heterocycles. The van der Waals surface area contributed by atoms with Gasteiger partial charge in [0.05, 0.1) is 26.1 Å². The van der Waals surface area contributed by atoms with Gasteiger partial charge in [-0.2, -0.15) is 0 Å². The lowest BCUT2D eigenvalue weighted by Gasteiger charge is -2.38. The number of quaternary nitrogens is 1. The summed E-state index contributed by atoms with van der Waals surface area (Å²) in [5.74, 6) is -0.726. The van der Waals surface area contributed by atoms with E-state index in [1.807, 2.05) is 0 Å². The molecule has 0 radical (unpaired) electrons. The largest absolute Gasteiger partial charge is 0.481 e. The van der Waals surface area contributed by atoms with Gasteiger partial charge in [0.15, 0.2) is 0 Å². The van der Waals surface area contributed by atoms with Gasteiger partial charge in [0, 0.05) is 6.42 Å². The van der Waals surface area contributed by atoms with Crippen molar-refractivity contribution >= 4 is 5.97 Å². The van der Waals surface area contributed by atoms with Crippen LogP contribution in [0.2, 0.25) is 0 Å². The Hall–Kier alpha value is -0.610. The molecular formula is C16H34NO3+. The Morgan fingerprint density at radius 3 is 2.20 bits per heavy atom. The molecule has 4 nitrogen and oxygen atoms in total. The van der Waals surface area contributed by atoms with Crippen molar-refractivity contribution in [2.75, 3.05) is 26.2 Å². The van der Waals surface area contributed by atoms with E-state index in [4.69, 9.17) is 5.11 Å². The molecule has 0 rings (SSSR count). The van der Waals surface area contributed by atoms with Crippen molar-refractivity contribution in [3.05, 3.63) is 0 Å². The van der Waals surface area contributed by atoms with Gasteiger partial charge in [-0.05, 0) is 20.3 Å². The Labute approximate surface area is 124 Å². The fourth-order valence-electron chi connectivity index (χ4n) is 2.80. The van der Waals surface area contributed by atoms with Crippen molar-refractivity contribution < 1.29 is 19.5 Å². The summed E-state index contributed by atoms with van der Waals surface area (Å²) >= 11 is 0. The summed E-state index contributed by atoms with van der Waals surface area (Å²) in [4.78, 5) is 10.6. The summed E-state index contributed by atoms with van der Waals surface area (Å²) in [6, 6.07) is 0. The van der Waals surface area contributed by atoms with Gasteiger partial charge in [0.1, 0.15) is 12.6 Å². The molecular weight excluding hydrogens is 254 g/mol. The van der Waals surface area contributed by atoms with E-state index in [9.17, 15) is 9.90 Å². The lowest BCUT2D eigenvalue weighted by atomic mass is 10.1. The van der Waals surface area contributed by atoms with E-state index in [2.05, 4.69) is 20.8 Å². The molecule has 20 heavy (non-hydrogen) atoms. The number of carboxylic acid groups (broad SMARTS) is 1. The van der Waals surface area contributed by atoms with E-state index in [1.54, 1.807) is 0 Å². The van der Waals surface area contributed by atoms with Gasteiger partial charge >= 0.3 is 5.97 Å². The minimum absolute atomic E-state index is 0.229. The van der Waals surface area contributed by atoms with Crippen LogP contribution in [0.15, 0.2) is 0 Å². The smallest absolute Gasteiger partial charge is 0.303 e. The monoisotopic (exact) mass is 288 g/mol. The third-order valence-electron chi connectivity index (χ3n) is 4.35. The maximum Gasteiger partial charge on any atom is 0.303 e. The second kappa shape index (κ2) is 11.1. The summed E-state index contributed by atoms with van der Waals surface area (Å²) in [6.45, 7) is 9.99. The number of hydrogen-bond acceptors (Lipinski definition) is 2. The molecule has 2 N–H and O–H groups in total. The number of unbranched alkanes of at least 4 members (excludes halogenated alkanes) is 3. The van der Waals surface area contributed by atoms with Gasteiger partial charge in [-0.25, -0.2) is 0 Å². The molecule has 1 unspecified atom stereocenters. The molecule has 4 heteroatoms. The number of aliphatic hydroxyl groups excluding tert-OH is 1. The first-order valence-electron chi connectivity index (χ1n) is 8.24. The van der Waals surface area contributed by atoms with Crippen molar-refractivity contribution in [3.63, 3.8) is 0 Å². The highest BCUT2D eigenvalue weighted by molar-refractivity contribution is 5.66. The predicted molar refractivity (Wildman–Crippen MR) is 82.7 cm³/mol. The maximum absolute atomic E-state index is 10.6. The number of carbonyl (C=O) groups is 1. The van der Waals surface area contributed by atoms with Crippen LogP contribution in [0.25, 0.3) is 0 Å². The quantitative estimate of drug-likeness (QED) is 0.404. The van der Waals surface area contributed by atoms with E-state index in [0.717, 1.165) is 43.5 Å². The van der Waals surface area contributed by atoms with Gasteiger partial charge in [0.25, 0.3) is 0 Å². The molecule has 120 valence electrons. The third-order valence-corrected chi connectivity index (χ3v) is 4.35. The van der Waals surface area contributed by atoms with Crippen LogP contribution < -0.4 is 0 Å². The van der Waals surface area contributed by atoms with Gasteiger partial charge in [-0.15, -0.1) is 0 Å². The number of hydrogen-bond donors (Lipinski definition) is 2. The van der Waals surface area contributed by atoms with Crippen molar-refractivity contribution in [2.24, 2.45) is 0 Å². The molecule has 0 bridgehead atoms. The van der Waals surface area contributed by atoms with Crippen molar-refractivity contribution in [2.45, 2.75) is 71.8 Å². The van der Waals surface area contributed by atoms with Gasteiger partial charge < -0.3 is 14.7 Å². The highest BCUT2D eigenvalue weighted by Crippen LogP contribution is 2.14. The minimum atomic E-state index is -0.726. The summed E-state index contributed by atoms with van der Waals surface area (Å²) in [6.07, 6.45) is 6.30. The normalized spacial score (nSPS) is 13.4. The fraction of sp³-hybridized carbons (Fsp3) is 0.938. The summed E-state index contributed by atoms with van der Waals surface area (Å²) in [5.41, 5.74) is 0. The van der Waals surface area contributed by atoms with Crippen LogP contribution >= 0.6 is 0 Å². The predicted octanol–water partition coefficient (Wildman–Crippen LogP) is 3.04. The molecule has 0 aliphatic carbocycles. The molecule has 0 aromatic heterocycles. The number of carboxylic acids is 1. The molecule has 0 amide bonds. The molecule has 0 saturated heterocycles. The number of rotatable bonds is 13. The van der Waals surface area contributed by atoms with E-state index in [-0.39, 0.29) is 12.5 Å². The summed E-state index contributed by atoms with van der Waals surface area (Å²) in [7, 11) is 0. The first-order valence-corrected chi connectivity index (χ1v) is 8.24. The van der Waals surface area contributed by atoms with E-state index in [1.165, 1.54) is 19.3 Å². The molecule has 0 fully saturated rings. The fourth-order valence-corrected chi connectivity index (χ4v) is 2.80. The van der Waals surface area contributed by atoms with Crippen molar-refractivity contribution in [1.29, 1.82) is 0 Å². The Kier molecular flexibility index (Phi) is 10.8. The van der Waals surface area contributed by atoms with Crippen molar-refractivity contribution in [1.82, 2.24) is 0 Å². The summed E-state index contributed by atoms with van der Waals surface area (Å²) < 4.78 is 0.836. The van der Waals surface area contributed by atoms with Crippen LogP contribution in [-0.4, -0.2) is 52.9 Å². The lowest BCUT2D eigenvalue weighted by molar-refractivity contribution is -0.927. The van der Waals surface area contributed by atoms with Crippen LogP contribution in [0, 0.1) is 0 Å². The first-order chi connectivity index (χ1) is 9.49. The second-order valence-electron chi connectivity index (χ2n) is 5.88. The van der Waals surface area contributed by atoms with Crippen LogP contribution in [0.3, 0.4) is 0 Å². The van der Waals surface area contributed by atoms with E-state index < -0.39 is 5.97 Å². The average molecular weight is 288 g/mol. The van der Waals surface area contributed by atoms with Crippen molar-refractivity contribution in [3.8, 4) is 0 Å². The SMILES string of the molecule is CCCCCCC(O)C[N+](CC)(CC)CCCC(=O)O. The summed E-state index contributed by atoms with van der Waals surface area (Å²) in [5, 5.41) is 19.0. The number of aliphatic hydroxyl groups is 1. The Balaban J connectivity index is 4.17. The molecule has 0 aromatic carbocycles. The molecule has 0 saturated carbocycles. The van der Waals surface area contributed by atoms with Crippen LogP contribution in [-0.2, 0) is 4.79 Å². The lowest BCUT2D eigenvalue weighted by Crippen LogP contribution is -2.52. The van der Waals surface area contributed by atoms with Crippen LogP contribution in [0.1, 0.15) is 65.7 Å². The van der Waals surface area contributed by atoms with Crippen LogP contribution in [0.4, 0.5) is 0 Å². The average Bonchev–Trinajstić information content (AvgIpc) is 2.42. The third kappa shape index (κ3) is 8.54. The Morgan fingerprint density at radius 2 is 1.70 bits per heavy atom. The molecule has 0 aliphatic heterocycles. The topological polar surface area (TPSA) is 57.5 Å². The molecule has 0 aliphatic rings. The second-order valence-corrected chi connectivity index (χ2v) is 5.88. The highest BCUT2D eigenvalue weighted by atomic mass is 16.4. The molecule has 1 atom stereocenters. The molecule has 0 spiro atoms. The van der Waals surface area contributed by atoms with E-state index >= 15 is 0 Å². The molecule has 0 aromatic rings. The minimum Gasteiger partial charge on any atom is -0.481 e. The zero-order chi connectivity index (χ0) is 15.4. The van der Waals surface area contributed by atoms with Crippen LogP contribution in [0.5, 0.6) is 0 Å². The number of aliphatic carboxylic acids is 1.